The molecule has 0 atom stereocenters. The summed E-state index contributed by atoms with van der Waals surface area (Å²) in [6.45, 7) is 2.67. The fourth-order valence-electron chi connectivity index (χ4n) is 1.40. The van der Waals surface area contributed by atoms with E-state index in [1.165, 1.54) is 0 Å². The summed E-state index contributed by atoms with van der Waals surface area (Å²) in [6, 6.07) is 6.85. The second kappa shape index (κ2) is 10.1. The number of ether oxygens (including phenoxy) is 1. The van der Waals surface area contributed by atoms with E-state index in [2.05, 4.69) is 16.0 Å². The zero-order chi connectivity index (χ0) is 14.1. The summed E-state index contributed by atoms with van der Waals surface area (Å²) in [5.74, 6) is 0.310. The van der Waals surface area contributed by atoms with E-state index in [1.54, 1.807) is 31.3 Å². The van der Waals surface area contributed by atoms with Crippen LogP contribution >= 0.6 is 12.4 Å². The molecule has 0 bridgehead atoms. The summed E-state index contributed by atoms with van der Waals surface area (Å²) in [5.41, 5.74) is 0.686. The molecule has 6 nitrogen and oxygen atoms in total. The monoisotopic (exact) mass is 301 g/mol. The summed E-state index contributed by atoms with van der Waals surface area (Å²) in [6.07, 6.45) is 0. The van der Waals surface area contributed by atoms with Gasteiger partial charge in [0.2, 0.25) is 5.91 Å². The Bertz CT molecular complexity index is 423. The van der Waals surface area contributed by atoms with Crippen molar-refractivity contribution in [3.05, 3.63) is 24.3 Å². The van der Waals surface area contributed by atoms with Crippen LogP contribution in [0, 0.1) is 0 Å². The Morgan fingerprint density at radius 2 is 1.80 bits per heavy atom. The van der Waals surface area contributed by atoms with Crippen LogP contribution in [0.1, 0.15) is 6.92 Å². The third kappa shape index (κ3) is 6.96. The van der Waals surface area contributed by atoms with Crippen LogP contribution < -0.4 is 20.7 Å². The zero-order valence-corrected chi connectivity index (χ0v) is 12.4. The van der Waals surface area contributed by atoms with E-state index in [4.69, 9.17) is 4.74 Å². The van der Waals surface area contributed by atoms with Gasteiger partial charge in [-0.3, -0.25) is 9.59 Å². The van der Waals surface area contributed by atoms with Gasteiger partial charge in [-0.2, -0.15) is 0 Å². The van der Waals surface area contributed by atoms with Crippen LogP contribution in [0.4, 0.5) is 5.69 Å². The highest BCUT2D eigenvalue weighted by molar-refractivity contribution is 5.92. The van der Waals surface area contributed by atoms with Gasteiger partial charge in [0, 0.05) is 12.2 Å². The minimum Gasteiger partial charge on any atom is -0.484 e. The molecule has 0 radical (unpaired) electrons. The number of hydrogen-bond donors (Lipinski definition) is 3. The third-order valence-corrected chi connectivity index (χ3v) is 2.22. The average molecular weight is 302 g/mol. The summed E-state index contributed by atoms with van der Waals surface area (Å²) in [4.78, 5) is 22.5. The molecule has 0 saturated carbocycles. The number of halogens is 1. The van der Waals surface area contributed by atoms with Crippen LogP contribution in [0.15, 0.2) is 24.3 Å². The van der Waals surface area contributed by atoms with Crippen LogP contribution in [-0.2, 0) is 9.59 Å². The van der Waals surface area contributed by atoms with Gasteiger partial charge in [0.25, 0.3) is 5.91 Å². The lowest BCUT2D eigenvalue weighted by Gasteiger charge is -2.08. The van der Waals surface area contributed by atoms with Crippen molar-refractivity contribution in [2.24, 2.45) is 0 Å². The van der Waals surface area contributed by atoms with E-state index in [-0.39, 0.29) is 37.4 Å². The molecule has 0 aliphatic rings. The molecule has 0 heterocycles. The molecule has 3 N–H and O–H groups in total. The number of nitrogens with one attached hydrogen (secondary N) is 3. The predicted octanol–water partition coefficient (Wildman–Crippen LogP) is 0.781. The first kappa shape index (κ1) is 18.2. The number of hydrogen-bond acceptors (Lipinski definition) is 4. The number of benzene rings is 1. The van der Waals surface area contributed by atoms with Crippen molar-refractivity contribution >= 4 is 29.9 Å². The highest BCUT2D eigenvalue weighted by atomic mass is 35.5. The van der Waals surface area contributed by atoms with E-state index in [1.807, 2.05) is 6.92 Å². The Balaban J connectivity index is 0.00000361. The molecular formula is C13H20ClN3O3. The first-order chi connectivity index (χ1) is 9.15. The maximum atomic E-state index is 11.3. The highest BCUT2D eigenvalue weighted by Gasteiger charge is 2.03. The smallest absolute Gasteiger partial charge is 0.257 e. The van der Waals surface area contributed by atoms with Crippen LogP contribution in [0.5, 0.6) is 5.75 Å². The van der Waals surface area contributed by atoms with Gasteiger partial charge in [0.1, 0.15) is 5.75 Å². The third-order valence-electron chi connectivity index (χ3n) is 2.22. The van der Waals surface area contributed by atoms with Gasteiger partial charge in [-0.25, -0.2) is 0 Å². The van der Waals surface area contributed by atoms with E-state index in [0.29, 0.717) is 18.0 Å². The first-order valence-corrected chi connectivity index (χ1v) is 6.09. The molecule has 0 spiro atoms. The van der Waals surface area contributed by atoms with Gasteiger partial charge in [0.15, 0.2) is 6.61 Å². The van der Waals surface area contributed by atoms with Crippen molar-refractivity contribution in [3.8, 4) is 5.75 Å². The van der Waals surface area contributed by atoms with E-state index in [0.717, 1.165) is 0 Å². The lowest BCUT2D eigenvalue weighted by atomic mass is 10.3. The Hall–Kier alpha value is -1.79. The quantitative estimate of drug-likeness (QED) is 0.695. The number of carbonyl (C=O) groups is 2. The summed E-state index contributed by atoms with van der Waals surface area (Å²) in [5, 5.41) is 8.12. The van der Waals surface area contributed by atoms with Crippen LogP contribution in [0.3, 0.4) is 0 Å². The standard InChI is InChI=1S/C13H19N3O3.ClH/c1-3-15-13(18)9-19-11-6-4-10(5-7-11)16-12(17)8-14-2;/h4-7,14H,3,8-9H2,1-2H3,(H,15,18)(H,16,17);1H. The molecule has 0 aromatic heterocycles. The first-order valence-electron chi connectivity index (χ1n) is 6.09. The molecular weight excluding hydrogens is 282 g/mol. The number of carbonyl (C=O) groups excluding carboxylic acids is 2. The summed E-state index contributed by atoms with van der Waals surface area (Å²) >= 11 is 0. The van der Waals surface area contributed by atoms with Crippen molar-refractivity contribution in [1.29, 1.82) is 0 Å². The van der Waals surface area contributed by atoms with Crippen molar-refractivity contribution < 1.29 is 14.3 Å². The molecule has 7 heteroatoms. The van der Waals surface area contributed by atoms with Crippen molar-refractivity contribution in [3.63, 3.8) is 0 Å². The van der Waals surface area contributed by atoms with Crippen LogP contribution in [0.25, 0.3) is 0 Å². The second-order valence-corrected chi connectivity index (χ2v) is 3.85. The minimum absolute atomic E-state index is 0. The fourth-order valence-corrected chi connectivity index (χ4v) is 1.40. The van der Waals surface area contributed by atoms with Crippen molar-refractivity contribution in [1.82, 2.24) is 10.6 Å². The maximum absolute atomic E-state index is 11.3. The number of rotatable bonds is 7. The fraction of sp³-hybridized carbons (Fsp3) is 0.385. The average Bonchev–Trinajstić information content (AvgIpc) is 2.38. The van der Waals surface area contributed by atoms with Gasteiger partial charge in [0.05, 0.1) is 6.54 Å². The Labute approximate surface area is 124 Å². The molecule has 0 aliphatic carbocycles. The van der Waals surface area contributed by atoms with Gasteiger partial charge in [-0.1, -0.05) is 0 Å². The SMILES string of the molecule is CCNC(=O)COc1ccc(NC(=O)CNC)cc1.Cl. The topological polar surface area (TPSA) is 79.5 Å². The molecule has 2 amide bonds. The Morgan fingerprint density at radius 1 is 1.15 bits per heavy atom. The van der Waals surface area contributed by atoms with Crippen LogP contribution in [0.2, 0.25) is 0 Å². The van der Waals surface area contributed by atoms with E-state index in [9.17, 15) is 9.59 Å². The molecule has 20 heavy (non-hydrogen) atoms. The normalized spacial score (nSPS) is 9.30. The van der Waals surface area contributed by atoms with Gasteiger partial charge < -0.3 is 20.7 Å². The van der Waals surface area contributed by atoms with Gasteiger partial charge in [-0.05, 0) is 38.2 Å². The van der Waals surface area contributed by atoms with Crippen molar-refractivity contribution in [2.45, 2.75) is 6.92 Å². The molecule has 0 aliphatic heterocycles. The van der Waals surface area contributed by atoms with E-state index < -0.39 is 0 Å². The lowest BCUT2D eigenvalue weighted by Crippen LogP contribution is -2.28. The Kier molecular flexibility index (Phi) is 9.15. The summed E-state index contributed by atoms with van der Waals surface area (Å²) in [7, 11) is 1.71. The van der Waals surface area contributed by atoms with E-state index >= 15 is 0 Å². The molecule has 0 unspecified atom stereocenters. The number of likely N-dealkylation sites (N-methyl/N-ethyl adjacent to an activating group) is 2. The van der Waals surface area contributed by atoms with Gasteiger partial charge >= 0.3 is 0 Å². The molecule has 0 fully saturated rings. The zero-order valence-electron chi connectivity index (χ0n) is 11.6. The molecule has 112 valence electrons. The lowest BCUT2D eigenvalue weighted by molar-refractivity contribution is -0.123. The number of anilines is 1. The highest BCUT2D eigenvalue weighted by Crippen LogP contribution is 2.15. The van der Waals surface area contributed by atoms with Gasteiger partial charge in [-0.15, -0.1) is 12.4 Å². The largest absolute Gasteiger partial charge is 0.484 e. The predicted molar refractivity (Wildman–Crippen MR) is 80.4 cm³/mol. The van der Waals surface area contributed by atoms with Crippen molar-refractivity contribution in [2.75, 3.05) is 32.1 Å². The second-order valence-electron chi connectivity index (χ2n) is 3.85. The maximum Gasteiger partial charge on any atom is 0.257 e. The number of amides is 2. The summed E-state index contributed by atoms with van der Waals surface area (Å²) < 4.78 is 5.29. The molecule has 0 saturated heterocycles. The Morgan fingerprint density at radius 3 is 2.35 bits per heavy atom. The molecule has 1 rings (SSSR count). The molecule has 1 aromatic rings. The minimum atomic E-state index is -0.158. The van der Waals surface area contributed by atoms with Crippen LogP contribution in [-0.4, -0.2) is 38.6 Å². The molecule has 1 aromatic carbocycles.